The van der Waals surface area contributed by atoms with Crippen molar-refractivity contribution < 1.29 is 14.7 Å². The van der Waals surface area contributed by atoms with E-state index in [4.69, 9.17) is 5.11 Å². The SMILES string of the molecule is Cc1cccc(/C=C/C(=O)Nc2ccc(C(=O)O)cc2)c1. The number of rotatable bonds is 4. The summed E-state index contributed by atoms with van der Waals surface area (Å²) in [4.78, 5) is 22.5. The largest absolute Gasteiger partial charge is 0.478 e. The van der Waals surface area contributed by atoms with Crippen molar-refractivity contribution in [3.8, 4) is 0 Å². The Balaban J connectivity index is 1.99. The molecule has 2 aromatic rings. The van der Waals surface area contributed by atoms with Crippen LogP contribution >= 0.6 is 0 Å². The molecule has 0 atom stereocenters. The highest BCUT2D eigenvalue weighted by molar-refractivity contribution is 6.02. The van der Waals surface area contributed by atoms with Crippen molar-refractivity contribution in [3.63, 3.8) is 0 Å². The molecule has 0 unspecified atom stereocenters. The van der Waals surface area contributed by atoms with Crippen molar-refractivity contribution in [1.82, 2.24) is 0 Å². The standard InChI is InChI=1S/C17H15NO3/c1-12-3-2-4-13(11-12)5-10-16(19)18-15-8-6-14(7-9-15)17(20)21/h2-11H,1H3,(H,18,19)(H,20,21)/b10-5+. The monoisotopic (exact) mass is 281 g/mol. The Hall–Kier alpha value is -2.88. The molecule has 2 rings (SSSR count). The smallest absolute Gasteiger partial charge is 0.335 e. The third kappa shape index (κ3) is 4.31. The molecule has 0 aromatic heterocycles. The fourth-order valence-corrected chi connectivity index (χ4v) is 1.83. The second-order valence-corrected chi connectivity index (χ2v) is 4.62. The zero-order valence-corrected chi connectivity index (χ0v) is 11.5. The molecule has 4 nitrogen and oxygen atoms in total. The van der Waals surface area contributed by atoms with Gasteiger partial charge in [-0.1, -0.05) is 29.8 Å². The molecule has 0 bridgehead atoms. The van der Waals surface area contributed by atoms with Crippen LogP contribution in [0.2, 0.25) is 0 Å². The summed E-state index contributed by atoms with van der Waals surface area (Å²) in [5, 5.41) is 11.5. The van der Waals surface area contributed by atoms with Gasteiger partial charge in [-0.25, -0.2) is 4.79 Å². The van der Waals surface area contributed by atoms with Gasteiger partial charge in [-0.3, -0.25) is 4.79 Å². The van der Waals surface area contributed by atoms with Gasteiger partial charge in [0.15, 0.2) is 0 Å². The third-order valence-electron chi connectivity index (χ3n) is 2.87. The number of hydrogen-bond acceptors (Lipinski definition) is 2. The number of amides is 1. The van der Waals surface area contributed by atoms with Crippen LogP contribution in [0.15, 0.2) is 54.6 Å². The van der Waals surface area contributed by atoms with Crippen molar-refractivity contribution in [2.75, 3.05) is 5.32 Å². The number of carbonyl (C=O) groups excluding carboxylic acids is 1. The molecule has 0 saturated heterocycles. The second-order valence-electron chi connectivity index (χ2n) is 4.62. The van der Waals surface area contributed by atoms with E-state index in [2.05, 4.69) is 5.32 Å². The number of carboxylic acid groups (broad SMARTS) is 1. The maximum atomic E-state index is 11.8. The fraction of sp³-hybridized carbons (Fsp3) is 0.0588. The van der Waals surface area contributed by atoms with E-state index in [0.29, 0.717) is 5.69 Å². The van der Waals surface area contributed by atoms with Gasteiger partial charge in [0.05, 0.1) is 5.56 Å². The third-order valence-corrected chi connectivity index (χ3v) is 2.87. The quantitative estimate of drug-likeness (QED) is 0.845. The average Bonchev–Trinajstić information content (AvgIpc) is 2.46. The lowest BCUT2D eigenvalue weighted by molar-refractivity contribution is -0.111. The summed E-state index contributed by atoms with van der Waals surface area (Å²) in [6.45, 7) is 1.99. The molecular weight excluding hydrogens is 266 g/mol. The van der Waals surface area contributed by atoms with Gasteiger partial charge < -0.3 is 10.4 Å². The molecule has 4 heteroatoms. The predicted octanol–water partition coefficient (Wildman–Crippen LogP) is 3.35. The van der Waals surface area contributed by atoms with E-state index < -0.39 is 5.97 Å². The number of aromatic carboxylic acids is 1. The molecule has 0 aliphatic rings. The van der Waals surface area contributed by atoms with Crippen LogP contribution in [0, 0.1) is 6.92 Å². The minimum Gasteiger partial charge on any atom is -0.478 e. The van der Waals surface area contributed by atoms with E-state index in [9.17, 15) is 9.59 Å². The lowest BCUT2D eigenvalue weighted by Crippen LogP contribution is -2.08. The molecule has 0 fully saturated rings. The number of carboxylic acids is 1. The first kappa shape index (κ1) is 14.5. The van der Waals surface area contributed by atoms with Crippen molar-refractivity contribution in [2.24, 2.45) is 0 Å². The fourth-order valence-electron chi connectivity index (χ4n) is 1.83. The second kappa shape index (κ2) is 6.52. The summed E-state index contributed by atoms with van der Waals surface area (Å²) in [5.74, 6) is -1.26. The van der Waals surface area contributed by atoms with Crippen molar-refractivity contribution in [2.45, 2.75) is 6.92 Å². The summed E-state index contributed by atoms with van der Waals surface area (Å²) in [6, 6.07) is 13.8. The molecule has 2 N–H and O–H groups in total. The zero-order valence-electron chi connectivity index (χ0n) is 11.5. The normalized spacial score (nSPS) is 10.5. The first-order valence-corrected chi connectivity index (χ1v) is 6.44. The van der Waals surface area contributed by atoms with Crippen molar-refractivity contribution in [3.05, 3.63) is 71.3 Å². The molecule has 21 heavy (non-hydrogen) atoms. The molecule has 0 spiro atoms. The van der Waals surface area contributed by atoms with Gasteiger partial charge in [0.25, 0.3) is 0 Å². The van der Waals surface area contributed by atoms with E-state index in [-0.39, 0.29) is 11.5 Å². The number of aryl methyl sites for hydroxylation is 1. The number of benzene rings is 2. The topological polar surface area (TPSA) is 66.4 Å². The van der Waals surface area contributed by atoms with Crippen LogP contribution in [-0.2, 0) is 4.79 Å². The van der Waals surface area contributed by atoms with Crippen LogP contribution in [0.25, 0.3) is 6.08 Å². The summed E-state index contributed by atoms with van der Waals surface area (Å²) in [6.07, 6.45) is 3.17. The Morgan fingerprint density at radius 2 is 1.81 bits per heavy atom. The first-order valence-electron chi connectivity index (χ1n) is 6.44. The lowest BCUT2D eigenvalue weighted by Gasteiger charge is -2.02. The van der Waals surface area contributed by atoms with E-state index in [1.807, 2.05) is 31.2 Å². The van der Waals surface area contributed by atoms with Gasteiger partial charge in [0.2, 0.25) is 5.91 Å². The van der Waals surface area contributed by atoms with E-state index in [1.54, 1.807) is 18.2 Å². The van der Waals surface area contributed by atoms with E-state index in [0.717, 1.165) is 11.1 Å². The van der Waals surface area contributed by atoms with Gasteiger partial charge in [-0.2, -0.15) is 0 Å². The highest BCUT2D eigenvalue weighted by atomic mass is 16.4. The lowest BCUT2D eigenvalue weighted by atomic mass is 10.1. The molecule has 106 valence electrons. The van der Waals surface area contributed by atoms with Crippen LogP contribution in [0.3, 0.4) is 0 Å². The van der Waals surface area contributed by atoms with Crippen LogP contribution in [0.4, 0.5) is 5.69 Å². The average molecular weight is 281 g/mol. The Morgan fingerprint density at radius 3 is 2.43 bits per heavy atom. The van der Waals surface area contributed by atoms with Gasteiger partial charge >= 0.3 is 5.97 Å². The van der Waals surface area contributed by atoms with Crippen LogP contribution < -0.4 is 5.32 Å². The van der Waals surface area contributed by atoms with Crippen molar-refractivity contribution >= 4 is 23.6 Å². The Bertz CT molecular complexity index is 687. The minimum atomic E-state index is -0.993. The van der Waals surface area contributed by atoms with Crippen LogP contribution in [-0.4, -0.2) is 17.0 Å². The summed E-state index contributed by atoms with van der Waals surface area (Å²) in [5.41, 5.74) is 2.82. The number of carbonyl (C=O) groups is 2. The zero-order chi connectivity index (χ0) is 15.2. The molecule has 0 aliphatic carbocycles. The molecule has 0 aliphatic heterocycles. The van der Waals surface area contributed by atoms with Gasteiger partial charge in [0.1, 0.15) is 0 Å². The first-order chi connectivity index (χ1) is 10.0. The molecule has 0 saturated carbocycles. The van der Waals surface area contributed by atoms with Gasteiger partial charge in [-0.15, -0.1) is 0 Å². The number of anilines is 1. The highest BCUT2D eigenvalue weighted by Crippen LogP contribution is 2.10. The van der Waals surface area contributed by atoms with Gasteiger partial charge in [0, 0.05) is 11.8 Å². The number of hydrogen-bond donors (Lipinski definition) is 2. The molecule has 1 amide bonds. The molecule has 0 radical (unpaired) electrons. The van der Waals surface area contributed by atoms with Crippen molar-refractivity contribution in [1.29, 1.82) is 0 Å². The molecule has 2 aromatic carbocycles. The van der Waals surface area contributed by atoms with E-state index >= 15 is 0 Å². The highest BCUT2D eigenvalue weighted by Gasteiger charge is 2.02. The number of nitrogens with one attached hydrogen (secondary N) is 1. The summed E-state index contributed by atoms with van der Waals surface area (Å²) in [7, 11) is 0. The minimum absolute atomic E-state index is 0.184. The Kier molecular flexibility index (Phi) is 4.51. The molecular formula is C17H15NO3. The van der Waals surface area contributed by atoms with Crippen LogP contribution in [0.1, 0.15) is 21.5 Å². The van der Waals surface area contributed by atoms with E-state index in [1.165, 1.54) is 18.2 Å². The maximum absolute atomic E-state index is 11.8. The maximum Gasteiger partial charge on any atom is 0.335 e. The van der Waals surface area contributed by atoms with Crippen LogP contribution in [0.5, 0.6) is 0 Å². The summed E-state index contributed by atoms with van der Waals surface area (Å²) >= 11 is 0. The summed E-state index contributed by atoms with van der Waals surface area (Å²) < 4.78 is 0. The molecule has 0 heterocycles. The Labute approximate surface area is 122 Å². The van der Waals surface area contributed by atoms with Gasteiger partial charge in [-0.05, 0) is 42.8 Å². The Morgan fingerprint density at radius 1 is 1.10 bits per heavy atom. The predicted molar refractivity (Wildman–Crippen MR) is 82.2 cm³/mol.